The first-order valence-corrected chi connectivity index (χ1v) is 7.80. The second-order valence-electron chi connectivity index (χ2n) is 3.29. The minimum atomic E-state index is -3.21. The monoisotopic (exact) mass is 270 g/mol. The van der Waals surface area contributed by atoms with E-state index < -0.39 is 7.60 Å². The molecule has 0 amide bonds. The molecule has 96 valence electrons. The van der Waals surface area contributed by atoms with Crippen LogP contribution in [0, 0.1) is 0 Å². The molecule has 4 nitrogen and oxygen atoms in total. The number of carbonyl (C=O) groups is 1. The number of carbonyl (C=O) groups excluding carboxylic acids is 1. The summed E-state index contributed by atoms with van der Waals surface area (Å²) in [5.41, 5.74) is 0. The van der Waals surface area contributed by atoms with Gasteiger partial charge in [-0.3, -0.25) is 9.36 Å². The molecular weight excluding hydrogens is 251 g/mol. The fourth-order valence-corrected chi connectivity index (χ4v) is 3.06. The van der Waals surface area contributed by atoms with Crippen LogP contribution in [0.3, 0.4) is 0 Å². The van der Waals surface area contributed by atoms with Crippen LogP contribution < -0.4 is 0 Å². The summed E-state index contributed by atoms with van der Waals surface area (Å²) < 4.78 is 22.0. The third kappa shape index (κ3) is 7.39. The van der Waals surface area contributed by atoms with Crippen molar-refractivity contribution in [2.45, 2.75) is 33.1 Å². The van der Waals surface area contributed by atoms with Crippen molar-refractivity contribution in [3.8, 4) is 0 Å². The highest BCUT2D eigenvalue weighted by atomic mass is 35.5. The molecule has 0 spiro atoms. The van der Waals surface area contributed by atoms with Crippen LogP contribution in [0.15, 0.2) is 0 Å². The van der Waals surface area contributed by atoms with Crippen molar-refractivity contribution in [3.63, 3.8) is 0 Å². The fraction of sp³-hybridized carbons (Fsp3) is 0.900. The quantitative estimate of drug-likeness (QED) is 0.347. The summed E-state index contributed by atoms with van der Waals surface area (Å²) in [6, 6.07) is 0. The average molecular weight is 271 g/mol. The number of unbranched alkanes of at least 4 members (excludes halogenated alkanes) is 1. The van der Waals surface area contributed by atoms with Gasteiger partial charge in [-0.15, -0.1) is 11.6 Å². The van der Waals surface area contributed by atoms with Crippen LogP contribution >= 0.6 is 19.2 Å². The Bertz CT molecular complexity index is 235. The molecule has 0 N–H and O–H groups in total. The smallest absolute Gasteiger partial charge is 0.309 e. The highest BCUT2D eigenvalue weighted by Gasteiger charge is 2.26. The summed E-state index contributed by atoms with van der Waals surface area (Å²) in [6.45, 7) is 4.02. The molecule has 0 atom stereocenters. The molecule has 0 bridgehead atoms. The fourth-order valence-electron chi connectivity index (χ4n) is 1.23. The van der Waals surface area contributed by atoms with Crippen LogP contribution in [0.5, 0.6) is 0 Å². The maximum Gasteiger partial charge on any atom is 0.338 e. The van der Waals surface area contributed by atoms with Crippen molar-refractivity contribution in [1.82, 2.24) is 0 Å². The van der Waals surface area contributed by atoms with E-state index in [1.807, 2.05) is 0 Å². The first-order chi connectivity index (χ1) is 7.58. The van der Waals surface area contributed by atoms with Gasteiger partial charge < -0.3 is 9.05 Å². The van der Waals surface area contributed by atoms with E-state index >= 15 is 0 Å². The van der Waals surface area contributed by atoms with Gasteiger partial charge in [0.15, 0.2) is 0 Å². The van der Waals surface area contributed by atoms with E-state index in [0.29, 0.717) is 12.3 Å². The largest absolute Gasteiger partial charge is 0.338 e. The number of Topliss-reactive ketones (excluding diaryl/α,β-unsaturated/α-hetero) is 1. The van der Waals surface area contributed by atoms with Crippen LogP contribution in [0.4, 0.5) is 0 Å². The number of hydrogen-bond donors (Lipinski definition) is 0. The lowest BCUT2D eigenvalue weighted by Gasteiger charge is -2.15. The minimum absolute atomic E-state index is 0.0876. The van der Waals surface area contributed by atoms with E-state index in [9.17, 15) is 9.36 Å². The number of ketones is 1. The van der Waals surface area contributed by atoms with Crippen LogP contribution in [-0.2, 0) is 18.4 Å². The highest BCUT2D eigenvalue weighted by molar-refractivity contribution is 7.54. The molecule has 0 rings (SSSR count). The van der Waals surface area contributed by atoms with Gasteiger partial charge in [0.05, 0.1) is 13.2 Å². The molecule has 0 aromatic carbocycles. The number of halogens is 1. The normalized spacial score (nSPS) is 11.7. The van der Waals surface area contributed by atoms with Crippen molar-refractivity contribution < 1.29 is 18.4 Å². The maximum atomic E-state index is 12.0. The first kappa shape index (κ1) is 16.1. The summed E-state index contributed by atoms with van der Waals surface area (Å²) in [4.78, 5) is 11.5. The number of rotatable bonds is 10. The first-order valence-electron chi connectivity index (χ1n) is 5.53. The van der Waals surface area contributed by atoms with E-state index in [1.54, 1.807) is 13.8 Å². The molecule has 0 aliphatic rings. The third-order valence-electron chi connectivity index (χ3n) is 1.86. The molecule has 0 unspecified atom stereocenters. The van der Waals surface area contributed by atoms with Crippen molar-refractivity contribution in [1.29, 1.82) is 0 Å². The van der Waals surface area contributed by atoms with Gasteiger partial charge in [0.1, 0.15) is 11.9 Å². The van der Waals surface area contributed by atoms with Crippen LogP contribution in [0.1, 0.15) is 33.1 Å². The van der Waals surface area contributed by atoms with Crippen LogP contribution in [-0.4, -0.2) is 31.0 Å². The van der Waals surface area contributed by atoms with Gasteiger partial charge in [0.2, 0.25) is 0 Å². The molecule has 0 saturated heterocycles. The minimum Gasteiger partial charge on any atom is -0.309 e. The summed E-state index contributed by atoms with van der Waals surface area (Å²) in [5.74, 6) is 0.456. The zero-order chi connectivity index (χ0) is 12.4. The second kappa shape index (κ2) is 9.17. The van der Waals surface area contributed by atoms with Gasteiger partial charge in [-0.2, -0.15) is 0 Å². The SMILES string of the molecule is CCOP(=O)(CC(=O)CCCCCl)OCC. The predicted octanol–water partition coefficient (Wildman–Crippen LogP) is 3.23. The highest BCUT2D eigenvalue weighted by Crippen LogP contribution is 2.47. The van der Waals surface area contributed by atoms with Crippen molar-refractivity contribution in [3.05, 3.63) is 0 Å². The van der Waals surface area contributed by atoms with E-state index in [1.165, 1.54) is 0 Å². The lowest BCUT2D eigenvalue weighted by atomic mass is 10.2. The molecule has 0 heterocycles. The predicted molar refractivity (Wildman–Crippen MR) is 65.3 cm³/mol. The Balaban J connectivity index is 4.07. The Morgan fingerprint density at radius 2 is 1.75 bits per heavy atom. The van der Waals surface area contributed by atoms with Gasteiger partial charge in [0, 0.05) is 12.3 Å². The standard InChI is InChI=1S/C10H20ClO4P/c1-3-14-16(13,15-4-2)9-10(12)7-5-6-8-11/h3-9H2,1-2H3. The van der Waals surface area contributed by atoms with E-state index in [2.05, 4.69) is 0 Å². The summed E-state index contributed by atoms with van der Waals surface area (Å²) in [6.07, 6.45) is 1.77. The van der Waals surface area contributed by atoms with Crippen molar-refractivity contribution in [2.24, 2.45) is 0 Å². The second-order valence-corrected chi connectivity index (χ2v) is 5.72. The third-order valence-corrected chi connectivity index (χ3v) is 4.17. The molecule has 0 radical (unpaired) electrons. The van der Waals surface area contributed by atoms with Crippen molar-refractivity contribution in [2.75, 3.05) is 25.3 Å². The number of alkyl halides is 1. The molecule has 0 aliphatic carbocycles. The molecule has 0 fully saturated rings. The van der Waals surface area contributed by atoms with E-state index in [4.69, 9.17) is 20.6 Å². The molecule has 0 saturated carbocycles. The maximum absolute atomic E-state index is 12.0. The number of hydrogen-bond acceptors (Lipinski definition) is 4. The van der Waals surface area contributed by atoms with Gasteiger partial charge in [-0.1, -0.05) is 0 Å². The topological polar surface area (TPSA) is 52.6 Å². The van der Waals surface area contributed by atoms with E-state index in [0.717, 1.165) is 12.8 Å². The van der Waals surface area contributed by atoms with Gasteiger partial charge in [0.25, 0.3) is 0 Å². The lowest BCUT2D eigenvalue weighted by molar-refractivity contribution is -0.117. The van der Waals surface area contributed by atoms with Gasteiger partial charge in [-0.05, 0) is 26.7 Å². The van der Waals surface area contributed by atoms with Crippen molar-refractivity contribution >= 4 is 25.0 Å². The average Bonchev–Trinajstić information content (AvgIpc) is 2.18. The Morgan fingerprint density at radius 3 is 2.19 bits per heavy atom. The van der Waals surface area contributed by atoms with Gasteiger partial charge in [-0.25, -0.2) is 0 Å². The molecular formula is C10H20ClO4P. The molecule has 0 aromatic rings. The zero-order valence-corrected chi connectivity index (χ0v) is 11.6. The lowest BCUT2D eigenvalue weighted by Crippen LogP contribution is -2.09. The van der Waals surface area contributed by atoms with Crippen LogP contribution in [0.25, 0.3) is 0 Å². The molecule has 16 heavy (non-hydrogen) atoms. The Morgan fingerprint density at radius 1 is 1.19 bits per heavy atom. The van der Waals surface area contributed by atoms with Gasteiger partial charge >= 0.3 is 7.60 Å². The Labute approximate surface area is 102 Å². The molecule has 6 heteroatoms. The zero-order valence-electron chi connectivity index (χ0n) is 9.91. The summed E-state index contributed by atoms with van der Waals surface area (Å²) in [5, 5.41) is 0. The van der Waals surface area contributed by atoms with Crippen LogP contribution in [0.2, 0.25) is 0 Å². The molecule has 0 aliphatic heterocycles. The Hall–Kier alpha value is 0.110. The molecule has 0 aromatic heterocycles. The summed E-state index contributed by atoms with van der Waals surface area (Å²) >= 11 is 5.50. The summed E-state index contributed by atoms with van der Waals surface area (Å²) in [7, 11) is -3.21. The Kier molecular flexibility index (Phi) is 9.24. The van der Waals surface area contributed by atoms with E-state index in [-0.39, 0.29) is 25.2 Å².